The highest BCUT2D eigenvalue weighted by molar-refractivity contribution is 5.92. The van der Waals surface area contributed by atoms with E-state index in [0.29, 0.717) is 24.8 Å². The van der Waals surface area contributed by atoms with Gasteiger partial charge in [0.1, 0.15) is 5.82 Å². The zero-order chi connectivity index (χ0) is 15.4. The number of carbonyl (C=O) groups is 1. The van der Waals surface area contributed by atoms with Crippen LogP contribution in [0.4, 0.5) is 5.82 Å². The summed E-state index contributed by atoms with van der Waals surface area (Å²) < 4.78 is 0. The highest BCUT2D eigenvalue weighted by atomic mass is 16.2. The van der Waals surface area contributed by atoms with E-state index in [1.807, 2.05) is 12.3 Å². The van der Waals surface area contributed by atoms with E-state index in [1.165, 1.54) is 37.7 Å². The third kappa shape index (κ3) is 3.38. The van der Waals surface area contributed by atoms with E-state index in [9.17, 15) is 4.79 Å². The molecule has 0 radical (unpaired) electrons. The maximum atomic E-state index is 12.2. The molecule has 1 saturated carbocycles. The van der Waals surface area contributed by atoms with Crippen LogP contribution in [0, 0.1) is 17.4 Å². The third-order valence-corrected chi connectivity index (χ3v) is 4.81. The van der Waals surface area contributed by atoms with E-state index in [2.05, 4.69) is 22.6 Å². The van der Waals surface area contributed by atoms with Crippen LogP contribution in [0.15, 0.2) is 18.3 Å². The zero-order valence-electron chi connectivity index (χ0n) is 12.8. The van der Waals surface area contributed by atoms with Gasteiger partial charge in [0.25, 0.3) is 0 Å². The molecule has 1 aromatic rings. The molecular weight excluding hydrogens is 276 g/mol. The first-order valence-electron chi connectivity index (χ1n) is 8.18. The van der Waals surface area contributed by atoms with Crippen LogP contribution in [0.1, 0.15) is 50.0 Å². The van der Waals surface area contributed by atoms with E-state index in [0.717, 1.165) is 6.42 Å². The summed E-state index contributed by atoms with van der Waals surface area (Å²) in [7, 11) is 0. The zero-order valence-corrected chi connectivity index (χ0v) is 12.8. The minimum atomic E-state index is -0.112. The average molecular weight is 298 g/mol. The molecule has 0 spiro atoms. The molecule has 2 aliphatic rings. The molecule has 1 atom stereocenters. The molecule has 1 N–H and O–H groups in total. The highest BCUT2D eigenvalue weighted by Crippen LogP contribution is 2.32. The van der Waals surface area contributed by atoms with Crippen molar-refractivity contribution in [1.29, 1.82) is 5.26 Å². The van der Waals surface area contributed by atoms with Crippen molar-refractivity contribution in [3.05, 3.63) is 23.9 Å². The normalized spacial score (nSPS) is 22.3. The molecule has 1 saturated heterocycles. The SMILES string of the molecule is N#CN1CCC(C(=O)Nc2ccc(C3CCCCC3)cn2)C1. The predicted octanol–water partition coefficient (Wildman–Crippen LogP) is 2.87. The fourth-order valence-corrected chi connectivity index (χ4v) is 3.45. The standard InChI is InChI=1S/C17H22N4O/c18-12-21-9-8-15(11-21)17(22)20-16-7-6-14(10-19-16)13-4-2-1-3-5-13/h6-7,10,13,15H,1-5,8-9,11H2,(H,19,20,22). The number of carbonyl (C=O) groups excluding carboxylic acids is 1. The lowest BCUT2D eigenvalue weighted by molar-refractivity contribution is -0.119. The minimum absolute atomic E-state index is 0.0318. The summed E-state index contributed by atoms with van der Waals surface area (Å²) in [5.74, 6) is 1.10. The highest BCUT2D eigenvalue weighted by Gasteiger charge is 2.28. The molecular formula is C17H22N4O. The van der Waals surface area contributed by atoms with Crippen molar-refractivity contribution in [3.8, 4) is 6.19 Å². The summed E-state index contributed by atoms with van der Waals surface area (Å²) in [5, 5.41) is 11.7. The maximum Gasteiger partial charge on any atom is 0.230 e. The van der Waals surface area contributed by atoms with Crippen molar-refractivity contribution >= 4 is 11.7 Å². The van der Waals surface area contributed by atoms with E-state index >= 15 is 0 Å². The Morgan fingerprint density at radius 1 is 1.27 bits per heavy atom. The van der Waals surface area contributed by atoms with Crippen LogP contribution in [-0.4, -0.2) is 28.9 Å². The molecule has 1 amide bonds. The van der Waals surface area contributed by atoms with Gasteiger partial charge < -0.3 is 10.2 Å². The van der Waals surface area contributed by atoms with Crippen molar-refractivity contribution in [2.45, 2.75) is 44.4 Å². The average Bonchev–Trinajstić information content (AvgIpc) is 3.06. The molecule has 0 bridgehead atoms. The van der Waals surface area contributed by atoms with Crippen LogP contribution in [-0.2, 0) is 4.79 Å². The molecule has 0 aromatic carbocycles. The van der Waals surface area contributed by atoms with Gasteiger partial charge in [0.05, 0.1) is 5.92 Å². The molecule has 1 aliphatic carbocycles. The van der Waals surface area contributed by atoms with Crippen LogP contribution in [0.3, 0.4) is 0 Å². The Labute approximate surface area is 131 Å². The predicted molar refractivity (Wildman–Crippen MR) is 84.0 cm³/mol. The summed E-state index contributed by atoms with van der Waals surface area (Å²) in [6.07, 6.45) is 11.2. The van der Waals surface area contributed by atoms with Crippen LogP contribution >= 0.6 is 0 Å². The van der Waals surface area contributed by atoms with Gasteiger partial charge in [-0.1, -0.05) is 25.3 Å². The molecule has 1 unspecified atom stereocenters. The second-order valence-corrected chi connectivity index (χ2v) is 6.33. The fourth-order valence-electron chi connectivity index (χ4n) is 3.45. The number of nitriles is 1. The first-order valence-corrected chi connectivity index (χ1v) is 8.18. The Morgan fingerprint density at radius 2 is 2.09 bits per heavy atom. The molecule has 2 heterocycles. The van der Waals surface area contributed by atoms with Crippen molar-refractivity contribution < 1.29 is 4.79 Å². The summed E-state index contributed by atoms with van der Waals surface area (Å²) in [4.78, 5) is 18.2. The van der Waals surface area contributed by atoms with Gasteiger partial charge in [-0.25, -0.2) is 4.98 Å². The Balaban J connectivity index is 1.57. The first kappa shape index (κ1) is 14.8. The monoisotopic (exact) mass is 298 g/mol. The van der Waals surface area contributed by atoms with Gasteiger partial charge in [-0.15, -0.1) is 0 Å². The summed E-state index contributed by atoms with van der Waals surface area (Å²) in [6.45, 7) is 1.19. The first-order chi connectivity index (χ1) is 10.8. The van der Waals surface area contributed by atoms with E-state index in [1.54, 1.807) is 4.90 Å². The molecule has 116 valence electrons. The van der Waals surface area contributed by atoms with Gasteiger partial charge in [-0.3, -0.25) is 4.79 Å². The number of nitrogens with one attached hydrogen (secondary N) is 1. The van der Waals surface area contributed by atoms with Crippen molar-refractivity contribution in [2.24, 2.45) is 5.92 Å². The molecule has 1 aliphatic heterocycles. The van der Waals surface area contributed by atoms with Crippen molar-refractivity contribution in [2.75, 3.05) is 18.4 Å². The summed E-state index contributed by atoms with van der Waals surface area (Å²) in [5.41, 5.74) is 1.29. The molecule has 3 rings (SSSR count). The smallest absolute Gasteiger partial charge is 0.230 e. The van der Waals surface area contributed by atoms with Gasteiger partial charge in [0.2, 0.25) is 5.91 Å². The van der Waals surface area contributed by atoms with Gasteiger partial charge >= 0.3 is 0 Å². The lowest BCUT2D eigenvalue weighted by Gasteiger charge is -2.21. The number of hydrogen-bond donors (Lipinski definition) is 1. The fraction of sp³-hybridized carbons (Fsp3) is 0.588. The van der Waals surface area contributed by atoms with E-state index in [4.69, 9.17) is 5.26 Å². The Bertz CT molecular complexity index is 557. The molecule has 5 nitrogen and oxygen atoms in total. The van der Waals surface area contributed by atoms with Crippen LogP contribution < -0.4 is 5.32 Å². The Kier molecular flexibility index (Phi) is 4.57. The summed E-state index contributed by atoms with van der Waals surface area (Å²) in [6, 6.07) is 3.99. The lowest BCUT2D eigenvalue weighted by atomic mass is 9.85. The van der Waals surface area contributed by atoms with Crippen molar-refractivity contribution in [3.63, 3.8) is 0 Å². The number of likely N-dealkylation sites (tertiary alicyclic amines) is 1. The number of anilines is 1. The Morgan fingerprint density at radius 3 is 2.73 bits per heavy atom. The molecule has 22 heavy (non-hydrogen) atoms. The quantitative estimate of drug-likeness (QED) is 0.871. The number of hydrogen-bond acceptors (Lipinski definition) is 4. The number of aromatic nitrogens is 1. The summed E-state index contributed by atoms with van der Waals surface area (Å²) >= 11 is 0. The molecule has 2 fully saturated rings. The molecule has 1 aromatic heterocycles. The minimum Gasteiger partial charge on any atom is -0.310 e. The van der Waals surface area contributed by atoms with Crippen molar-refractivity contribution in [1.82, 2.24) is 9.88 Å². The van der Waals surface area contributed by atoms with Gasteiger partial charge in [0, 0.05) is 19.3 Å². The van der Waals surface area contributed by atoms with E-state index in [-0.39, 0.29) is 11.8 Å². The Hall–Kier alpha value is -2.09. The largest absolute Gasteiger partial charge is 0.310 e. The van der Waals surface area contributed by atoms with Crippen LogP contribution in [0.25, 0.3) is 0 Å². The maximum absolute atomic E-state index is 12.2. The number of pyridine rings is 1. The van der Waals surface area contributed by atoms with Gasteiger partial charge in [-0.05, 0) is 36.8 Å². The number of amides is 1. The topological polar surface area (TPSA) is 69.0 Å². The lowest BCUT2D eigenvalue weighted by Crippen LogP contribution is -2.25. The second kappa shape index (κ2) is 6.78. The number of nitrogens with zero attached hydrogens (tertiary/aromatic N) is 3. The van der Waals surface area contributed by atoms with Gasteiger partial charge in [0.15, 0.2) is 6.19 Å². The van der Waals surface area contributed by atoms with Crippen LogP contribution in [0.5, 0.6) is 0 Å². The third-order valence-electron chi connectivity index (χ3n) is 4.81. The second-order valence-electron chi connectivity index (χ2n) is 6.33. The number of rotatable bonds is 3. The van der Waals surface area contributed by atoms with E-state index < -0.39 is 0 Å². The van der Waals surface area contributed by atoms with Gasteiger partial charge in [-0.2, -0.15) is 5.26 Å². The molecule has 5 heteroatoms. The van der Waals surface area contributed by atoms with Crippen LogP contribution in [0.2, 0.25) is 0 Å².